The topological polar surface area (TPSA) is 57.0 Å². The fraction of sp³-hybridized carbons (Fsp3) is 0. The van der Waals surface area contributed by atoms with Crippen LogP contribution in [0.25, 0.3) is 0 Å². The molecule has 0 aromatic rings. The molecule has 0 aliphatic heterocycles. The van der Waals surface area contributed by atoms with Gasteiger partial charge in [0, 0.05) is 0 Å². The summed E-state index contributed by atoms with van der Waals surface area (Å²) in [7, 11) is 0. The molecule has 0 aliphatic carbocycles. The second kappa shape index (κ2) is 42.3. The Balaban J connectivity index is 0. The Hall–Kier alpha value is 1.75. The molecule has 0 heterocycles. The van der Waals surface area contributed by atoms with Crippen LogP contribution in [0.15, 0.2) is 0 Å². The molecule has 2 nitrogen and oxygen atoms in total. The molecular weight excluding hydrogens is 142 g/mol. The van der Waals surface area contributed by atoms with Gasteiger partial charge in [-0.05, 0) is 0 Å². The molecule has 0 aromatic carbocycles. The van der Waals surface area contributed by atoms with Gasteiger partial charge in [0.1, 0.15) is 0 Å². The maximum atomic E-state index is 0. The molecule has 0 aliphatic rings. The quantitative estimate of drug-likeness (QED) is 0.319. The summed E-state index contributed by atoms with van der Waals surface area (Å²) in [5, 5.41) is 0. The summed E-state index contributed by atoms with van der Waals surface area (Å²) in [6.45, 7) is 0. The van der Waals surface area contributed by atoms with E-state index in [0.717, 1.165) is 0 Å². The van der Waals surface area contributed by atoms with Gasteiger partial charge >= 0.3 is 57.6 Å². The summed E-state index contributed by atoms with van der Waals surface area (Å²) in [6.07, 6.45) is 0. The van der Waals surface area contributed by atoms with E-state index in [1.165, 1.54) is 0 Å². The van der Waals surface area contributed by atoms with E-state index < -0.39 is 0 Å². The van der Waals surface area contributed by atoms with Crippen LogP contribution >= 0.6 is 0 Å². The molecule has 0 amide bonds. The SMILES string of the molecule is [Li+].[Mn+2].[O-2].[O-2].[Ti+4]. The van der Waals surface area contributed by atoms with E-state index in [1.54, 1.807) is 0 Å². The van der Waals surface area contributed by atoms with Crippen molar-refractivity contribution in [1.29, 1.82) is 0 Å². The number of hydrogen-bond acceptors (Lipinski definition) is 0. The van der Waals surface area contributed by atoms with Crippen molar-refractivity contribution in [1.82, 2.24) is 0 Å². The van der Waals surface area contributed by atoms with Crippen molar-refractivity contribution < 1.29 is 68.6 Å². The first-order valence-electron chi connectivity index (χ1n) is 0. The van der Waals surface area contributed by atoms with Gasteiger partial charge in [0.15, 0.2) is 0 Å². The van der Waals surface area contributed by atoms with E-state index in [2.05, 4.69) is 0 Å². The molecule has 0 fully saturated rings. The summed E-state index contributed by atoms with van der Waals surface area (Å²) >= 11 is 0. The third kappa shape index (κ3) is 26.4. The van der Waals surface area contributed by atoms with Crippen molar-refractivity contribution >= 4 is 0 Å². The minimum absolute atomic E-state index is 0. The molecule has 0 unspecified atom stereocenters. The Morgan fingerprint density at radius 2 is 0.800 bits per heavy atom. The Labute approximate surface area is 68.2 Å². The molecule has 0 spiro atoms. The number of hydrogen-bond donors (Lipinski definition) is 0. The molecule has 0 rings (SSSR count). The summed E-state index contributed by atoms with van der Waals surface area (Å²) in [4.78, 5) is 0. The molecule has 1 radical (unpaired) electrons. The van der Waals surface area contributed by atoms with Gasteiger partial charge in [-0.25, -0.2) is 0 Å². The van der Waals surface area contributed by atoms with E-state index in [9.17, 15) is 0 Å². The summed E-state index contributed by atoms with van der Waals surface area (Å²) in [5.41, 5.74) is 0. The van der Waals surface area contributed by atoms with Gasteiger partial charge in [0.05, 0.1) is 0 Å². The average Bonchev–Trinajstić information content (AvgIpc) is 0. The van der Waals surface area contributed by atoms with Gasteiger partial charge in [0.2, 0.25) is 0 Å². The third-order valence-electron chi connectivity index (χ3n) is 0. The average molecular weight is 142 g/mol. The monoisotopic (exact) mass is 142 g/mol. The van der Waals surface area contributed by atoms with E-state index in [-0.39, 0.29) is 68.6 Å². The van der Waals surface area contributed by atoms with Crippen molar-refractivity contribution in [2.75, 3.05) is 0 Å². The first-order chi connectivity index (χ1) is 0. The zero-order valence-corrected chi connectivity index (χ0v) is 5.44. The molecule has 0 atom stereocenters. The van der Waals surface area contributed by atoms with Crippen molar-refractivity contribution in [3.8, 4) is 0 Å². The Morgan fingerprint density at radius 1 is 0.800 bits per heavy atom. The van der Waals surface area contributed by atoms with Crippen LogP contribution < -0.4 is 18.9 Å². The molecular formula is LiMnO2Ti+3. The fourth-order valence-corrected chi connectivity index (χ4v) is 0. The van der Waals surface area contributed by atoms with E-state index >= 15 is 0 Å². The van der Waals surface area contributed by atoms with Gasteiger partial charge in [-0.2, -0.15) is 0 Å². The smallest absolute Gasteiger partial charge is 2.00 e. The Bertz CT molecular complexity index is 9.61. The molecule has 0 N–H and O–H groups in total. The van der Waals surface area contributed by atoms with Crippen LogP contribution in [0, 0.1) is 0 Å². The van der Waals surface area contributed by atoms with Crippen LogP contribution in [0.3, 0.4) is 0 Å². The van der Waals surface area contributed by atoms with Gasteiger partial charge in [0.25, 0.3) is 0 Å². The zero-order chi connectivity index (χ0) is 0. The summed E-state index contributed by atoms with van der Waals surface area (Å²) in [6, 6.07) is 0. The van der Waals surface area contributed by atoms with Crippen molar-refractivity contribution in [3.63, 3.8) is 0 Å². The minimum Gasteiger partial charge on any atom is -2.00 e. The maximum absolute atomic E-state index is 0. The first kappa shape index (κ1) is 72.8. The van der Waals surface area contributed by atoms with Crippen LogP contribution in [0.4, 0.5) is 0 Å². The van der Waals surface area contributed by atoms with Crippen LogP contribution in [-0.4, -0.2) is 0 Å². The molecule has 5 heavy (non-hydrogen) atoms. The van der Waals surface area contributed by atoms with Gasteiger partial charge in [-0.1, -0.05) is 0 Å². The number of rotatable bonds is 0. The molecule has 5 heteroatoms. The van der Waals surface area contributed by atoms with Gasteiger partial charge in [-0.15, -0.1) is 0 Å². The molecule has 0 bridgehead atoms. The van der Waals surface area contributed by atoms with E-state index in [1.807, 2.05) is 0 Å². The Morgan fingerprint density at radius 3 is 0.800 bits per heavy atom. The molecule has 0 aromatic heterocycles. The van der Waals surface area contributed by atoms with Crippen LogP contribution in [0.2, 0.25) is 0 Å². The van der Waals surface area contributed by atoms with Gasteiger partial charge in [-0.3, -0.25) is 0 Å². The van der Waals surface area contributed by atoms with Gasteiger partial charge < -0.3 is 11.0 Å². The standard InChI is InChI=1S/Li.Mn.2O.Ti/q+1;+2;2*-2;+4. The zero-order valence-electron chi connectivity index (χ0n) is 2.69. The minimum atomic E-state index is 0. The third-order valence-corrected chi connectivity index (χ3v) is 0. The summed E-state index contributed by atoms with van der Waals surface area (Å²) < 4.78 is 0. The summed E-state index contributed by atoms with van der Waals surface area (Å²) in [5.74, 6) is 0. The second-order valence-corrected chi connectivity index (χ2v) is 0. The normalized spacial score (nSPS) is 0. The molecule has 0 saturated heterocycles. The van der Waals surface area contributed by atoms with Crippen molar-refractivity contribution in [3.05, 3.63) is 0 Å². The largest absolute Gasteiger partial charge is 4.00 e. The molecule has 0 saturated carbocycles. The predicted molar refractivity (Wildman–Crippen MR) is 1.37 cm³/mol. The van der Waals surface area contributed by atoms with Crippen LogP contribution in [0.1, 0.15) is 0 Å². The first-order valence-corrected chi connectivity index (χ1v) is 0. The van der Waals surface area contributed by atoms with Crippen LogP contribution in [0.5, 0.6) is 0 Å². The van der Waals surface area contributed by atoms with Crippen molar-refractivity contribution in [2.45, 2.75) is 0 Å². The Kier molecular flexibility index (Phi) is 617. The van der Waals surface area contributed by atoms with E-state index in [0.29, 0.717) is 0 Å². The molecule has 21 valence electrons. The second-order valence-electron chi connectivity index (χ2n) is 0. The maximum Gasteiger partial charge on any atom is 4.00 e. The van der Waals surface area contributed by atoms with Crippen LogP contribution in [-0.2, 0) is 49.7 Å². The fourth-order valence-electron chi connectivity index (χ4n) is 0. The predicted octanol–water partition coefficient (Wildman–Crippen LogP) is -3.24. The van der Waals surface area contributed by atoms with E-state index in [4.69, 9.17) is 0 Å². The van der Waals surface area contributed by atoms with Crippen molar-refractivity contribution in [2.24, 2.45) is 0 Å².